The summed E-state index contributed by atoms with van der Waals surface area (Å²) in [4.78, 5) is 18.5. The summed E-state index contributed by atoms with van der Waals surface area (Å²) in [5.74, 6) is 2.38. The lowest BCUT2D eigenvalue weighted by atomic mass is 10.0. The molecule has 6 nitrogen and oxygen atoms in total. The summed E-state index contributed by atoms with van der Waals surface area (Å²) in [5, 5.41) is 0. The third kappa shape index (κ3) is 2.35. The molecule has 0 N–H and O–H groups in total. The third-order valence-corrected chi connectivity index (χ3v) is 5.63. The van der Waals surface area contributed by atoms with Crippen LogP contribution in [-0.2, 0) is 6.54 Å². The van der Waals surface area contributed by atoms with Crippen LogP contribution >= 0.6 is 0 Å². The first kappa shape index (κ1) is 14.7. The van der Waals surface area contributed by atoms with Gasteiger partial charge >= 0.3 is 0 Å². The average Bonchev–Trinajstić information content (AvgIpc) is 3.34. The average molecular weight is 334 g/mol. The van der Waals surface area contributed by atoms with Gasteiger partial charge in [-0.1, -0.05) is 18.2 Å². The maximum Gasteiger partial charge on any atom is 0.165 e. The molecule has 2 atom stereocenters. The summed E-state index contributed by atoms with van der Waals surface area (Å²) in [5.41, 5.74) is 3.22. The molecule has 3 aromatic rings. The van der Waals surface area contributed by atoms with Crippen LogP contribution in [0.1, 0.15) is 6.92 Å². The van der Waals surface area contributed by atoms with E-state index in [1.54, 1.807) is 6.33 Å². The van der Waals surface area contributed by atoms with Gasteiger partial charge in [0.2, 0.25) is 0 Å². The lowest BCUT2D eigenvalue weighted by molar-refractivity contribution is 0.533. The minimum Gasteiger partial charge on any atom is -0.371 e. The van der Waals surface area contributed by atoms with Crippen molar-refractivity contribution in [3.63, 3.8) is 0 Å². The van der Waals surface area contributed by atoms with Crippen LogP contribution in [0.2, 0.25) is 0 Å². The number of rotatable bonds is 3. The van der Waals surface area contributed by atoms with Crippen molar-refractivity contribution in [1.29, 1.82) is 0 Å². The smallest absolute Gasteiger partial charge is 0.165 e. The standard InChI is InChI=1S/C19H22N6/c1-2-23-13-22-17-18(23)20-12-21-19(17)25-10-14-8-24(9-15(14)11-25)16-6-4-3-5-7-16/h3-7,12-15H,2,8-11H2,1H3/t14-,15-/m1/s1. The van der Waals surface area contributed by atoms with E-state index < -0.39 is 0 Å². The van der Waals surface area contributed by atoms with Gasteiger partial charge in [0, 0.05) is 50.2 Å². The molecule has 2 aromatic heterocycles. The molecule has 0 bridgehead atoms. The van der Waals surface area contributed by atoms with E-state index in [-0.39, 0.29) is 0 Å². The van der Waals surface area contributed by atoms with Crippen LogP contribution in [0.5, 0.6) is 0 Å². The van der Waals surface area contributed by atoms with E-state index in [2.05, 4.69) is 66.6 Å². The molecule has 4 heterocycles. The molecule has 2 fully saturated rings. The zero-order valence-corrected chi connectivity index (χ0v) is 14.4. The van der Waals surface area contributed by atoms with Gasteiger partial charge in [0.1, 0.15) is 6.33 Å². The molecule has 5 rings (SSSR count). The van der Waals surface area contributed by atoms with E-state index in [0.717, 1.165) is 49.7 Å². The minimum absolute atomic E-state index is 0.693. The number of hydrogen-bond acceptors (Lipinski definition) is 5. The van der Waals surface area contributed by atoms with E-state index in [0.29, 0.717) is 11.8 Å². The largest absolute Gasteiger partial charge is 0.371 e. The second kappa shape index (κ2) is 5.72. The summed E-state index contributed by atoms with van der Waals surface area (Å²) in [6.45, 7) is 7.36. The van der Waals surface area contributed by atoms with Crippen LogP contribution in [0, 0.1) is 11.8 Å². The number of anilines is 2. The quantitative estimate of drug-likeness (QED) is 0.736. The molecule has 128 valence electrons. The molecule has 2 aliphatic rings. The molecule has 0 saturated carbocycles. The Morgan fingerprint density at radius 1 is 0.920 bits per heavy atom. The van der Waals surface area contributed by atoms with Crippen LogP contribution in [-0.4, -0.2) is 45.7 Å². The number of benzene rings is 1. The van der Waals surface area contributed by atoms with Crippen LogP contribution < -0.4 is 9.80 Å². The number of para-hydroxylation sites is 1. The molecule has 0 unspecified atom stereocenters. The number of imidazole rings is 1. The normalized spacial score (nSPS) is 22.8. The predicted octanol–water partition coefficient (Wildman–Crippen LogP) is 2.42. The Morgan fingerprint density at radius 3 is 2.36 bits per heavy atom. The zero-order chi connectivity index (χ0) is 16.8. The van der Waals surface area contributed by atoms with Gasteiger partial charge < -0.3 is 14.4 Å². The monoisotopic (exact) mass is 334 g/mol. The third-order valence-electron chi connectivity index (χ3n) is 5.63. The molecule has 2 aliphatic heterocycles. The fraction of sp³-hybridized carbons (Fsp3) is 0.421. The van der Waals surface area contributed by atoms with E-state index in [1.807, 2.05) is 6.33 Å². The highest BCUT2D eigenvalue weighted by molar-refractivity contribution is 5.83. The molecule has 0 spiro atoms. The van der Waals surface area contributed by atoms with Crippen LogP contribution in [0.15, 0.2) is 43.0 Å². The first-order valence-corrected chi connectivity index (χ1v) is 9.04. The molecule has 0 amide bonds. The van der Waals surface area contributed by atoms with Crippen molar-refractivity contribution in [3.8, 4) is 0 Å². The number of aromatic nitrogens is 4. The summed E-state index contributed by atoms with van der Waals surface area (Å²) in [7, 11) is 0. The Morgan fingerprint density at radius 2 is 1.64 bits per heavy atom. The highest BCUT2D eigenvalue weighted by Gasteiger charge is 2.41. The van der Waals surface area contributed by atoms with Gasteiger partial charge in [0.05, 0.1) is 6.33 Å². The number of hydrogen-bond donors (Lipinski definition) is 0. The number of nitrogens with zero attached hydrogens (tertiary/aromatic N) is 6. The summed E-state index contributed by atoms with van der Waals surface area (Å²) in [6.07, 6.45) is 3.55. The number of aryl methyl sites for hydroxylation is 1. The molecule has 2 saturated heterocycles. The molecular weight excluding hydrogens is 312 g/mol. The van der Waals surface area contributed by atoms with Gasteiger partial charge in [-0.05, 0) is 19.1 Å². The maximum atomic E-state index is 4.58. The van der Waals surface area contributed by atoms with Gasteiger partial charge in [0.15, 0.2) is 17.0 Å². The Hall–Kier alpha value is -2.63. The lowest BCUT2D eigenvalue weighted by Crippen LogP contribution is -2.29. The second-order valence-electron chi connectivity index (χ2n) is 7.07. The number of fused-ring (bicyclic) bond motifs is 2. The Labute approximate surface area is 147 Å². The van der Waals surface area contributed by atoms with Crippen molar-refractivity contribution >= 4 is 22.7 Å². The van der Waals surface area contributed by atoms with E-state index >= 15 is 0 Å². The fourth-order valence-electron chi connectivity index (χ4n) is 4.35. The van der Waals surface area contributed by atoms with Crippen LogP contribution in [0.25, 0.3) is 11.2 Å². The van der Waals surface area contributed by atoms with Crippen LogP contribution in [0.3, 0.4) is 0 Å². The van der Waals surface area contributed by atoms with Gasteiger partial charge in [0.25, 0.3) is 0 Å². The first-order chi connectivity index (χ1) is 12.3. The van der Waals surface area contributed by atoms with Crippen molar-refractivity contribution in [2.45, 2.75) is 13.5 Å². The molecule has 0 aliphatic carbocycles. The molecule has 25 heavy (non-hydrogen) atoms. The van der Waals surface area contributed by atoms with Crippen molar-refractivity contribution in [1.82, 2.24) is 19.5 Å². The van der Waals surface area contributed by atoms with Crippen molar-refractivity contribution in [2.24, 2.45) is 11.8 Å². The Balaban J connectivity index is 1.37. The predicted molar refractivity (Wildman–Crippen MR) is 98.8 cm³/mol. The van der Waals surface area contributed by atoms with Gasteiger partial charge in [-0.2, -0.15) is 0 Å². The van der Waals surface area contributed by atoms with Gasteiger partial charge in [-0.25, -0.2) is 15.0 Å². The topological polar surface area (TPSA) is 50.1 Å². The lowest BCUT2D eigenvalue weighted by Gasteiger charge is -2.23. The fourth-order valence-corrected chi connectivity index (χ4v) is 4.35. The van der Waals surface area contributed by atoms with E-state index in [9.17, 15) is 0 Å². The minimum atomic E-state index is 0.693. The second-order valence-corrected chi connectivity index (χ2v) is 7.07. The molecular formula is C19H22N6. The van der Waals surface area contributed by atoms with Crippen molar-refractivity contribution < 1.29 is 0 Å². The Bertz CT molecular complexity index is 875. The van der Waals surface area contributed by atoms with Gasteiger partial charge in [-0.15, -0.1) is 0 Å². The summed E-state index contributed by atoms with van der Waals surface area (Å²) < 4.78 is 2.08. The van der Waals surface area contributed by atoms with Crippen molar-refractivity contribution in [2.75, 3.05) is 36.0 Å². The van der Waals surface area contributed by atoms with Crippen molar-refractivity contribution in [3.05, 3.63) is 43.0 Å². The maximum absolute atomic E-state index is 4.58. The summed E-state index contributed by atoms with van der Waals surface area (Å²) >= 11 is 0. The molecule has 6 heteroatoms. The summed E-state index contributed by atoms with van der Waals surface area (Å²) in [6, 6.07) is 10.8. The Kier molecular flexibility index (Phi) is 3.36. The SMILES string of the molecule is CCn1cnc2c(N3C[C@H]4CN(c5ccccc5)C[C@@H]4C3)ncnc21. The van der Waals surface area contributed by atoms with Crippen LogP contribution in [0.4, 0.5) is 11.5 Å². The highest BCUT2D eigenvalue weighted by Crippen LogP contribution is 2.36. The van der Waals surface area contributed by atoms with E-state index in [1.165, 1.54) is 5.69 Å². The highest BCUT2D eigenvalue weighted by atomic mass is 15.3. The van der Waals surface area contributed by atoms with Gasteiger partial charge in [-0.3, -0.25) is 0 Å². The molecule has 1 aromatic carbocycles. The molecule has 0 radical (unpaired) electrons. The van der Waals surface area contributed by atoms with E-state index in [4.69, 9.17) is 0 Å². The first-order valence-electron chi connectivity index (χ1n) is 9.04. The zero-order valence-electron chi connectivity index (χ0n) is 14.4.